The summed E-state index contributed by atoms with van der Waals surface area (Å²) in [4.78, 5) is 18.8. The van der Waals surface area contributed by atoms with Crippen LogP contribution in [0.1, 0.15) is 44.2 Å². The highest BCUT2D eigenvalue weighted by Crippen LogP contribution is 2.46. The molecule has 6 heteroatoms. The summed E-state index contributed by atoms with van der Waals surface area (Å²) in [5, 5.41) is 2.52. The molecule has 2 heterocycles. The number of aromatic nitrogens is 1. The standard InChI is InChI=1S/C16H25N3O2S/c1-21-13-4-2-7-16(13)8-3-9-19(11-16)14(20)6-5-12-10-22-15(17)18-12/h10,13H,2-9,11H2,1H3,(H2,17,18)/t13-,16-/m1/s1. The Morgan fingerprint density at radius 3 is 3.09 bits per heavy atom. The van der Waals surface area contributed by atoms with Gasteiger partial charge < -0.3 is 15.4 Å². The van der Waals surface area contributed by atoms with Gasteiger partial charge in [0, 0.05) is 37.4 Å². The van der Waals surface area contributed by atoms with E-state index in [9.17, 15) is 4.79 Å². The normalized spacial score (nSPS) is 28.4. The SMILES string of the molecule is CO[C@@H]1CCC[C@]12CCCN(C(=O)CCc1csc(N)n1)C2. The van der Waals surface area contributed by atoms with Crippen LogP contribution in [-0.2, 0) is 16.0 Å². The maximum absolute atomic E-state index is 12.5. The Labute approximate surface area is 135 Å². The highest BCUT2D eigenvalue weighted by molar-refractivity contribution is 7.13. The van der Waals surface area contributed by atoms with Crippen molar-refractivity contribution in [3.63, 3.8) is 0 Å². The van der Waals surface area contributed by atoms with Crippen molar-refractivity contribution in [1.29, 1.82) is 0 Å². The fourth-order valence-electron chi connectivity index (χ4n) is 4.15. The summed E-state index contributed by atoms with van der Waals surface area (Å²) in [5.74, 6) is 0.243. The molecule has 1 aromatic rings. The van der Waals surface area contributed by atoms with Gasteiger partial charge in [0.1, 0.15) is 0 Å². The Bertz CT molecular complexity index is 533. The van der Waals surface area contributed by atoms with Crippen LogP contribution >= 0.6 is 11.3 Å². The van der Waals surface area contributed by atoms with Crippen molar-refractivity contribution >= 4 is 22.4 Å². The zero-order valence-corrected chi connectivity index (χ0v) is 14.0. The number of anilines is 1. The number of piperidine rings is 1. The Kier molecular flexibility index (Phi) is 4.68. The molecule has 0 aromatic carbocycles. The number of hydrogen-bond donors (Lipinski definition) is 1. The summed E-state index contributed by atoms with van der Waals surface area (Å²) in [7, 11) is 1.81. The van der Waals surface area contributed by atoms with Gasteiger partial charge in [-0.2, -0.15) is 0 Å². The van der Waals surface area contributed by atoms with Gasteiger partial charge in [-0.1, -0.05) is 6.42 Å². The minimum absolute atomic E-state index is 0.202. The first-order valence-corrected chi connectivity index (χ1v) is 9.01. The number of thiazole rings is 1. The third-order valence-corrected chi connectivity index (χ3v) is 5.96. The number of hydrogen-bond acceptors (Lipinski definition) is 5. The van der Waals surface area contributed by atoms with Crippen LogP contribution in [0.2, 0.25) is 0 Å². The number of amides is 1. The number of nitrogens with zero attached hydrogens (tertiary/aromatic N) is 2. The molecule has 22 heavy (non-hydrogen) atoms. The maximum atomic E-state index is 12.5. The van der Waals surface area contributed by atoms with E-state index in [4.69, 9.17) is 10.5 Å². The highest BCUT2D eigenvalue weighted by Gasteiger charge is 2.46. The molecule has 3 rings (SSSR count). The Balaban J connectivity index is 1.58. The number of methoxy groups -OCH3 is 1. The smallest absolute Gasteiger partial charge is 0.222 e. The molecule has 1 aliphatic carbocycles. The van der Waals surface area contributed by atoms with E-state index < -0.39 is 0 Å². The summed E-state index contributed by atoms with van der Waals surface area (Å²) in [6.45, 7) is 1.75. The van der Waals surface area contributed by atoms with Crippen LogP contribution in [0.4, 0.5) is 5.13 Å². The monoisotopic (exact) mass is 323 g/mol. The zero-order valence-electron chi connectivity index (χ0n) is 13.2. The van der Waals surface area contributed by atoms with E-state index in [0.717, 1.165) is 31.6 Å². The predicted molar refractivity (Wildman–Crippen MR) is 87.7 cm³/mol. The second kappa shape index (κ2) is 6.54. The number of nitrogen functional groups attached to an aromatic ring is 1. The molecule has 1 spiro atoms. The number of aryl methyl sites for hydroxylation is 1. The van der Waals surface area contributed by atoms with Crippen molar-refractivity contribution < 1.29 is 9.53 Å². The molecule has 0 radical (unpaired) electrons. The number of ether oxygens (including phenoxy) is 1. The third kappa shape index (κ3) is 3.13. The molecule has 2 N–H and O–H groups in total. The summed E-state index contributed by atoms with van der Waals surface area (Å²) < 4.78 is 5.70. The van der Waals surface area contributed by atoms with Crippen LogP contribution in [0.5, 0.6) is 0 Å². The Morgan fingerprint density at radius 1 is 1.55 bits per heavy atom. The lowest BCUT2D eigenvalue weighted by atomic mass is 9.76. The number of nitrogens with two attached hydrogens (primary N) is 1. The van der Waals surface area contributed by atoms with Gasteiger partial charge in [0.2, 0.25) is 5.91 Å². The van der Waals surface area contributed by atoms with Gasteiger partial charge in [0.25, 0.3) is 0 Å². The fourth-order valence-corrected chi connectivity index (χ4v) is 4.74. The lowest BCUT2D eigenvalue weighted by molar-refractivity contribution is -0.137. The molecule has 2 atom stereocenters. The van der Waals surface area contributed by atoms with Crippen molar-refractivity contribution in [2.75, 3.05) is 25.9 Å². The van der Waals surface area contributed by atoms with Crippen LogP contribution in [0.15, 0.2) is 5.38 Å². The van der Waals surface area contributed by atoms with Crippen molar-refractivity contribution in [3.05, 3.63) is 11.1 Å². The molecule has 1 saturated carbocycles. The van der Waals surface area contributed by atoms with Crippen LogP contribution < -0.4 is 5.73 Å². The minimum Gasteiger partial charge on any atom is -0.381 e. The summed E-state index contributed by atoms with van der Waals surface area (Å²) in [6, 6.07) is 0. The van der Waals surface area contributed by atoms with Crippen LogP contribution in [-0.4, -0.2) is 42.1 Å². The second-order valence-electron chi connectivity index (χ2n) is 6.57. The number of carbonyl (C=O) groups excluding carboxylic acids is 1. The number of carbonyl (C=O) groups is 1. The van der Waals surface area contributed by atoms with Gasteiger partial charge in [-0.15, -0.1) is 11.3 Å². The Morgan fingerprint density at radius 2 is 2.36 bits per heavy atom. The average Bonchev–Trinajstić information content (AvgIpc) is 3.11. The van der Waals surface area contributed by atoms with Crippen molar-refractivity contribution in [2.45, 2.75) is 51.0 Å². The van der Waals surface area contributed by atoms with Gasteiger partial charge >= 0.3 is 0 Å². The molecule has 122 valence electrons. The van der Waals surface area contributed by atoms with Crippen LogP contribution in [0.3, 0.4) is 0 Å². The van der Waals surface area contributed by atoms with E-state index in [2.05, 4.69) is 9.88 Å². The minimum atomic E-state index is 0.202. The van der Waals surface area contributed by atoms with Crippen LogP contribution in [0.25, 0.3) is 0 Å². The first kappa shape index (κ1) is 15.7. The first-order chi connectivity index (χ1) is 10.6. The van der Waals surface area contributed by atoms with Gasteiger partial charge in [-0.25, -0.2) is 4.98 Å². The van der Waals surface area contributed by atoms with Crippen LogP contribution in [0, 0.1) is 5.41 Å². The lowest BCUT2D eigenvalue weighted by Crippen LogP contribution is -2.49. The van der Waals surface area contributed by atoms with Crippen molar-refractivity contribution in [3.8, 4) is 0 Å². The molecule has 0 bridgehead atoms. The Hall–Kier alpha value is -1.14. The largest absolute Gasteiger partial charge is 0.381 e. The molecule has 1 aliphatic heterocycles. The fraction of sp³-hybridized carbons (Fsp3) is 0.750. The van der Waals surface area contributed by atoms with Gasteiger partial charge in [-0.05, 0) is 32.1 Å². The van der Waals surface area contributed by atoms with Crippen molar-refractivity contribution in [2.24, 2.45) is 5.41 Å². The van der Waals surface area contributed by atoms with E-state index >= 15 is 0 Å². The van der Waals surface area contributed by atoms with E-state index in [-0.39, 0.29) is 11.3 Å². The number of likely N-dealkylation sites (tertiary alicyclic amines) is 1. The molecule has 2 aliphatic rings. The van der Waals surface area contributed by atoms with Gasteiger partial charge in [0.05, 0.1) is 11.8 Å². The summed E-state index contributed by atoms with van der Waals surface area (Å²) in [5.41, 5.74) is 6.77. The van der Waals surface area contributed by atoms with Gasteiger partial charge in [-0.3, -0.25) is 4.79 Å². The molecule has 1 aromatic heterocycles. The maximum Gasteiger partial charge on any atom is 0.222 e. The van der Waals surface area contributed by atoms with E-state index in [1.165, 1.54) is 30.6 Å². The molecular weight excluding hydrogens is 298 g/mol. The number of rotatable bonds is 4. The molecule has 0 unspecified atom stereocenters. The summed E-state index contributed by atoms with van der Waals surface area (Å²) in [6.07, 6.45) is 7.36. The second-order valence-corrected chi connectivity index (χ2v) is 7.46. The van der Waals surface area contributed by atoms with E-state index in [0.29, 0.717) is 24.1 Å². The predicted octanol–water partition coefficient (Wildman–Crippen LogP) is 2.47. The molecule has 2 fully saturated rings. The molecule has 1 amide bonds. The average molecular weight is 323 g/mol. The quantitative estimate of drug-likeness (QED) is 0.924. The zero-order chi connectivity index (χ0) is 15.6. The van der Waals surface area contributed by atoms with E-state index in [1.54, 1.807) is 0 Å². The molecule has 5 nitrogen and oxygen atoms in total. The van der Waals surface area contributed by atoms with Crippen molar-refractivity contribution in [1.82, 2.24) is 9.88 Å². The third-order valence-electron chi connectivity index (χ3n) is 5.23. The molecular formula is C16H25N3O2S. The lowest BCUT2D eigenvalue weighted by Gasteiger charge is -2.43. The molecule has 1 saturated heterocycles. The van der Waals surface area contributed by atoms with E-state index in [1.807, 2.05) is 12.5 Å². The first-order valence-electron chi connectivity index (χ1n) is 8.13. The topological polar surface area (TPSA) is 68.5 Å². The highest BCUT2D eigenvalue weighted by atomic mass is 32.1. The van der Waals surface area contributed by atoms with Gasteiger partial charge in [0.15, 0.2) is 5.13 Å². The summed E-state index contributed by atoms with van der Waals surface area (Å²) >= 11 is 1.44.